The molecule has 0 atom stereocenters. The fourth-order valence-electron chi connectivity index (χ4n) is 1.85. The van der Waals surface area contributed by atoms with E-state index in [2.05, 4.69) is 6.58 Å². The largest absolute Gasteiger partial charge is 0.416 e. The molecule has 2 rings (SSSR count). The maximum atomic E-state index is 14.2. The van der Waals surface area contributed by atoms with Crippen molar-refractivity contribution in [2.24, 2.45) is 0 Å². The lowest BCUT2D eigenvalue weighted by Crippen LogP contribution is -2.13. The Hall–Kier alpha value is -2.16. The van der Waals surface area contributed by atoms with E-state index in [9.17, 15) is 30.8 Å². The van der Waals surface area contributed by atoms with Crippen LogP contribution >= 0.6 is 11.9 Å². The molecule has 0 bridgehead atoms. The second-order valence-electron chi connectivity index (χ2n) is 4.89. The summed E-state index contributed by atoms with van der Waals surface area (Å²) in [4.78, 5) is 0.397. The van der Waals surface area contributed by atoms with E-state index in [-0.39, 0.29) is 10.6 Å². The third kappa shape index (κ3) is 4.91. The lowest BCUT2D eigenvalue weighted by Gasteiger charge is -2.18. The van der Waals surface area contributed by atoms with E-state index in [1.807, 2.05) is 0 Å². The quantitative estimate of drug-likeness (QED) is 0.334. The molecule has 0 saturated heterocycles. The van der Waals surface area contributed by atoms with Crippen LogP contribution in [0.15, 0.2) is 60.0 Å². The van der Waals surface area contributed by atoms with Gasteiger partial charge in [0.05, 0.1) is 16.8 Å². The van der Waals surface area contributed by atoms with Crippen molar-refractivity contribution in [2.45, 2.75) is 17.2 Å². The summed E-state index contributed by atoms with van der Waals surface area (Å²) < 4.78 is 91.1. The van der Waals surface area contributed by atoms with E-state index < -0.39 is 34.7 Å². The van der Waals surface area contributed by atoms with Crippen LogP contribution in [0, 0.1) is 0 Å². The monoisotopic (exact) mass is 381 g/mol. The fourth-order valence-corrected chi connectivity index (χ4v) is 2.53. The van der Waals surface area contributed by atoms with Crippen molar-refractivity contribution in [3.05, 3.63) is 71.8 Å². The van der Waals surface area contributed by atoms with Crippen molar-refractivity contribution in [3.63, 3.8) is 0 Å². The van der Waals surface area contributed by atoms with E-state index in [0.717, 1.165) is 0 Å². The van der Waals surface area contributed by atoms with E-state index in [1.165, 1.54) is 12.1 Å². The van der Waals surface area contributed by atoms with E-state index in [0.29, 0.717) is 29.0 Å². The van der Waals surface area contributed by atoms with Crippen LogP contribution in [0.5, 0.6) is 0 Å². The molecule has 2 aromatic rings. The van der Waals surface area contributed by atoms with Gasteiger partial charge >= 0.3 is 12.4 Å². The molecule has 0 saturated carbocycles. The van der Waals surface area contributed by atoms with Crippen LogP contribution in [0.4, 0.5) is 30.8 Å². The maximum Gasteiger partial charge on any atom is 0.416 e. The predicted molar refractivity (Wildman–Crippen MR) is 80.7 cm³/mol. The molecule has 0 spiro atoms. The van der Waals surface area contributed by atoms with Crippen LogP contribution < -0.4 is 0 Å². The standard InChI is InChI=1S/C16H10F7NS/c1-10(24(23)25-14-5-3-2-4-6-14)11-7-12(15(17,18)19)9-13(8-11)16(20,21)22/h2-9H,1H2. The minimum Gasteiger partial charge on any atom is -0.166 e. The first-order chi connectivity index (χ1) is 11.5. The first-order valence-corrected chi connectivity index (χ1v) is 7.43. The maximum absolute atomic E-state index is 14.2. The van der Waals surface area contributed by atoms with Gasteiger partial charge in [-0.15, -0.1) is 4.53 Å². The molecule has 0 aromatic heterocycles. The van der Waals surface area contributed by atoms with Crippen molar-refractivity contribution in [1.29, 1.82) is 0 Å². The summed E-state index contributed by atoms with van der Waals surface area (Å²) in [6.07, 6.45) is -10.0. The van der Waals surface area contributed by atoms with Crippen molar-refractivity contribution in [2.75, 3.05) is 0 Å². The molecule has 0 heterocycles. The van der Waals surface area contributed by atoms with E-state index in [4.69, 9.17) is 0 Å². The molecule has 0 amide bonds. The molecule has 25 heavy (non-hydrogen) atoms. The zero-order valence-electron chi connectivity index (χ0n) is 12.3. The predicted octanol–water partition coefficient (Wildman–Crippen LogP) is 6.59. The summed E-state index contributed by atoms with van der Waals surface area (Å²) in [6.45, 7) is 3.26. The Bertz CT molecular complexity index is 721. The van der Waals surface area contributed by atoms with Gasteiger partial charge in [0.1, 0.15) is 0 Å². The van der Waals surface area contributed by atoms with Gasteiger partial charge in [0, 0.05) is 22.4 Å². The smallest absolute Gasteiger partial charge is 0.166 e. The van der Waals surface area contributed by atoms with Gasteiger partial charge in [-0.1, -0.05) is 29.3 Å². The Kier molecular flexibility index (Phi) is 5.36. The molecule has 134 valence electrons. The summed E-state index contributed by atoms with van der Waals surface area (Å²) in [5.74, 6) is 0. The third-order valence-electron chi connectivity index (χ3n) is 3.06. The van der Waals surface area contributed by atoms with Gasteiger partial charge in [-0.05, 0) is 30.3 Å². The number of alkyl halides is 6. The zero-order valence-corrected chi connectivity index (χ0v) is 13.1. The number of halogens is 7. The number of hydrogen-bond acceptors (Lipinski definition) is 2. The van der Waals surface area contributed by atoms with Gasteiger partial charge in [-0.3, -0.25) is 0 Å². The van der Waals surface area contributed by atoms with Gasteiger partial charge in [-0.25, -0.2) is 0 Å². The molecular weight excluding hydrogens is 371 g/mol. The minimum atomic E-state index is -5.01. The Morgan fingerprint density at radius 2 is 1.32 bits per heavy atom. The highest BCUT2D eigenvalue weighted by Crippen LogP contribution is 2.39. The number of hydrogen-bond donors (Lipinski definition) is 0. The average molecular weight is 381 g/mol. The van der Waals surface area contributed by atoms with Crippen LogP contribution in [-0.4, -0.2) is 4.53 Å². The van der Waals surface area contributed by atoms with Crippen molar-refractivity contribution >= 4 is 17.6 Å². The Labute approximate surface area is 142 Å². The molecule has 1 nitrogen and oxygen atoms in total. The molecule has 0 unspecified atom stereocenters. The Balaban J connectivity index is 2.38. The number of rotatable bonds is 4. The van der Waals surface area contributed by atoms with Gasteiger partial charge in [0.15, 0.2) is 0 Å². The molecule has 0 fully saturated rings. The number of nitrogens with zero attached hydrogens (tertiary/aromatic N) is 1. The van der Waals surface area contributed by atoms with Crippen molar-refractivity contribution < 1.29 is 30.8 Å². The summed E-state index contributed by atoms with van der Waals surface area (Å²) in [7, 11) is 0. The normalized spacial score (nSPS) is 12.1. The second kappa shape index (κ2) is 6.99. The average Bonchev–Trinajstić information content (AvgIpc) is 2.53. The minimum absolute atomic E-state index is 0.0241. The first-order valence-electron chi connectivity index (χ1n) is 6.66. The van der Waals surface area contributed by atoms with Crippen molar-refractivity contribution in [3.8, 4) is 0 Å². The fraction of sp³-hybridized carbons (Fsp3) is 0.125. The Morgan fingerprint density at radius 1 is 0.840 bits per heavy atom. The first kappa shape index (κ1) is 19.2. The van der Waals surface area contributed by atoms with E-state index >= 15 is 0 Å². The van der Waals surface area contributed by atoms with Gasteiger partial charge in [0.2, 0.25) is 0 Å². The molecule has 0 aliphatic carbocycles. The van der Waals surface area contributed by atoms with Crippen LogP contribution in [0.1, 0.15) is 16.7 Å². The SMILES string of the molecule is C=C(c1cc(C(F)(F)F)cc(C(F)(F)F)c1)N(F)Sc1ccccc1. The summed E-state index contributed by atoms with van der Waals surface area (Å²) in [6, 6.07) is 8.75. The van der Waals surface area contributed by atoms with Crippen LogP contribution in [0.2, 0.25) is 0 Å². The zero-order chi connectivity index (χ0) is 18.8. The lowest BCUT2D eigenvalue weighted by molar-refractivity contribution is -0.143. The molecular formula is C16H10F7NS. The summed E-state index contributed by atoms with van der Waals surface area (Å²) in [5.41, 5.74) is -4.31. The summed E-state index contributed by atoms with van der Waals surface area (Å²) in [5, 5.41) is 0. The topological polar surface area (TPSA) is 3.24 Å². The molecule has 2 aromatic carbocycles. The summed E-state index contributed by atoms with van der Waals surface area (Å²) >= 11 is 0.478. The van der Waals surface area contributed by atoms with E-state index in [1.54, 1.807) is 18.2 Å². The second-order valence-corrected chi connectivity index (χ2v) is 5.86. The lowest BCUT2D eigenvalue weighted by atomic mass is 10.0. The number of benzene rings is 2. The highest BCUT2D eigenvalue weighted by Gasteiger charge is 2.37. The highest BCUT2D eigenvalue weighted by molar-refractivity contribution is 7.97. The van der Waals surface area contributed by atoms with Crippen LogP contribution in [0.25, 0.3) is 5.70 Å². The molecule has 0 radical (unpaired) electrons. The van der Waals surface area contributed by atoms with Crippen LogP contribution in [-0.2, 0) is 12.4 Å². The van der Waals surface area contributed by atoms with Gasteiger partial charge < -0.3 is 0 Å². The van der Waals surface area contributed by atoms with Crippen LogP contribution in [0.3, 0.4) is 0 Å². The van der Waals surface area contributed by atoms with Crippen molar-refractivity contribution in [1.82, 2.24) is 4.53 Å². The molecule has 9 heteroatoms. The third-order valence-corrected chi connectivity index (χ3v) is 3.93. The molecule has 0 aliphatic heterocycles. The van der Waals surface area contributed by atoms with Gasteiger partial charge in [0.25, 0.3) is 0 Å². The van der Waals surface area contributed by atoms with Gasteiger partial charge in [-0.2, -0.15) is 26.3 Å². The molecule has 0 N–H and O–H groups in total. The Morgan fingerprint density at radius 3 is 1.76 bits per heavy atom. The molecule has 0 aliphatic rings. The highest BCUT2D eigenvalue weighted by atomic mass is 32.2.